The minimum atomic E-state index is -0.115. The molecule has 0 saturated carbocycles. The number of carbonyl (C=O) groups is 2. The molecule has 7 heteroatoms. The summed E-state index contributed by atoms with van der Waals surface area (Å²) in [6.07, 6.45) is 0.794. The van der Waals surface area contributed by atoms with Crippen molar-refractivity contribution in [2.24, 2.45) is 0 Å². The molecular formula is C18H22N4O2S. The third-order valence-electron chi connectivity index (χ3n) is 4.12. The van der Waals surface area contributed by atoms with Crippen LogP contribution in [0.3, 0.4) is 0 Å². The van der Waals surface area contributed by atoms with Gasteiger partial charge in [-0.3, -0.25) is 14.5 Å². The van der Waals surface area contributed by atoms with Crippen LogP contribution in [0.25, 0.3) is 0 Å². The van der Waals surface area contributed by atoms with Gasteiger partial charge in [-0.25, -0.2) is 4.98 Å². The van der Waals surface area contributed by atoms with Crippen molar-refractivity contribution in [3.8, 4) is 0 Å². The minimum Gasteiger partial charge on any atom is -0.325 e. The molecule has 2 N–H and O–H groups in total. The number of fused-ring (bicyclic) bond motifs is 1. The zero-order valence-electron chi connectivity index (χ0n) is 14.7. The number of amides is 2. The average molecular weight is 358 g/mol. The van der Waals surface area contributed by atoms with Crippen LogP contribution in [-0.2, 0) is 22.6 Å². The molecule has 3 rings (SSSR count). The Kier molecular flexibility index (Phi) is 5.15. The Bertz CT molecular complexity index is 815. The molecule has 1 aromatic carbocycles. The second kappa shape index (κ2) is 7.33. The number of nitrogens with zero attached hydrogens (tertiary/aromatic N) is 2. The summed E-state index contributed by atoms with van der Waals surface area (Å²) in [6, 6.07) is 6.00. The quantitative estimate of drug-likeness (QED) is 0.881. The zero-order valence-corrected chi connectivity index (χ0v) is 15.5. The van der Waals surface area contributed by atoms with E-state index >= 15 is 0 Å². The summed E-state index contributed by atoms with van der Waals surface area (Å²) in [6.45, 7) is 7.33. The van der Waals surface area contributed by atoms with E-state index in [0.29, 0.717) is 18.2 Å². The van der Waals surface area contributed by atoms with E-state index in [2.05, 4.69) is 26.6 Å². The van der Waals surface area contributed by atoms with Gasteiger partial charge in [0.25, 0.3) is 0 Å². The highest BCUT2D eigenvalue weighted by Crippen LogP contribution is 2.28. The molecule has 2 amide bonds. The van der Waals surface area contributed by atoms with Crippen LogP contribution in [0.15, 0.2) is 18.2 Å². The largest absolute Gasteiger partial charge is 0.325 e. The molecule has 0 spiro atoms. The number of nitrogens with one attached hydrogen (secondary N) is 2. The van der Waals surface area contributed by atoms with E-state index < -0.39 is 0 Å². The Morgan fingerprint density at radius 3 is 2.80 bits per heavy atom. The molecule has 0 radical (unpaired) electrons. The van der Waals surface area contributed by atoms with Crippen molar-refractivity contribution in [2.45, 2.75) is 33.7 Å². The van der Waals surface area contributed by atoms with Crippen LogP contribution in [-0.4, -0.2) is 34.8 Å². The molecular weight excluding hydrogens is 336 g/mol. The fraction of sp³-hybridized carbons (Fsp3) is 0.389. The van der Waals surface area contributed by atoms with Gasteiger partial charge in [-0.1, -0.05) is 17.7 Å². The smallest absolute Gasteiger partial charge is 0.238 e. The first kappa shape index (κ1) is 17.6. The molecule has 132 valence electrons. The first-order valence-electron chi connectivity index (χ1n) is 8.26. The van der Waals surface area contributed by atoms with E-state index in [9.17, 15) is 9.59 Å². The number of carbonyl (C=O) groups excluding carboxylic acids is 2. The molecule has 1 aliphatic rings. The van der Waals surface area contributed by atoms with Gasteiger partial charge in [0, 0.05) is 37.0 Å². The van der Waals surface area contributed by atoms with Crippen LogP contribution in [0.5, 0.6) is 0 Å². The van der Waals surface area contributed by atoms with Crippen LogP contribution in [0, 0.1) is 13.8 Å². The fourth-order valence-electron chi connectivity index (χ4n) is 2.93. The maximum atomic E-state index is 12.4. The number of aromatic nitrogens is 1. The van der Waals surface area contributed by atoms with Crippen LogP contribution in [0.1, 0.15) is 28.6 Å². The molecule has 0 aliphatic carbocycles. The van der Waals surface area contributed by atoms with Crippen molar-refractivity contribution in [1.82, 2.24) is 9.88 Å². The van der Waals surface area contributed by atoms with Crippen LogP contribution in [0.2, 0.25) is 0 Å². The summed E-state index contributed by atoms with van der Waals surface area (Å²) < 4.78 is 0. The predicted molar refractivity (Wildman–Crippen MR) is 99.9 cm³/mol. The SMILES string of the molecule is CC(=O)Nc1nc2c(s1)CN(CC(=O)Nc1ccc(C)cc1C)CC2. The molecule has 0 fully saturated rings. The van der Waals surface area contributed by atoms with Gasteiger partial charge in [0.15, 0.2) is 5.13 Å². The third kappa shape index (κ3) is 4.43. The normalized spacial score (nSPS) is 14.0. The highest BCUT2D eigenvalue weighted by molar-refractivity contribution is 7.15. The Morgan fingerprint density at radius 2 is 2.08 bits per heavy atom. The number of benzene rings is 1. The van der Waals surface area contributed by atoms with Crippen LogP contribution >= 0.6 is 11.3 Å². The van der Waals surface area contributed by atoms with Gasteiger partial charge >= 0.3 is 0 Å². The minimum absolute atomic E-state index is 0.0120. The maximum absolute atomic E-state index is 12.4. The lowest BCUT2D eigenvalue weighted by Crippen LogP contribution is -2.36. The summed E-state index contributed by atoms with van der Waals surface area (Å²) in [4.78, 5) is 31.2. The Balaban J connectivity index is 1.59. The molecule has 1 aliphatic heterocycles. The first-order valence-corrected chi connectivity index (χ1v) is 9.08. The summed E-state index contributed by atoms with van der Waals surface area (Å²) in [5.41, 5.74) is 4.13. The number of aryl methyl sites for hydroxylation is 2. The monoisotopic (exact) mass is 358 g/mol. The third-order valence-corrected chi connectivity index (χ3v) is 5.11. The van der Waals surface area contributed by atoms with E-state index in [-0.39, 0.29) is 11.8 Å². The van der Waals surface area contributed by atoms with Crippen LogP contribution in [0.4, 0.5) is 10.8 Å². The van der Waals surface area contributed by atoms with Gasteiger partial charge in [0.2, 0.25) is 11.8 Å². The molecule has 1 aromatic heterocycles. The molecule has 0 atom stereocenters. The van der Waals surface area contributed by atoms with Crippen molar-refractivity contribution in [3.05, 3.63) is 39.9 Å². The molecule has 0 saturated heterocycles. The van der Waals surface area contributed by atoms with Crippen molar-refractivity contribution < 1.29 is 9.59 Å². The van der Waals surface area contributed by atoms with Crippen molar-refractivity contribution in [1.29, 1.82) is 0 Å². The van der Waals surface area contributed by atoms with Gasteiger partial charge in [-0.05, 0) is 25.5 Å². The molecule has 0 unspecified atom stereocenters. The lowest BCUT2D eigenvalue weighted by Gasteiger charge is -2.25. The molecule has 25 heavy (non-hydrogen) atoms. The number of thiazole rings is 1. The maximum Gasteiger partial charge on any atom is 0.238 e. The second-order valence-electron chi connectivity index (χ2n) is 6.40. The standard InChI is InChI=1S/C18H22N4O2S/c1-11-4-5-14(12(2)8-11)20-17(24)10-22-7-6-15-16(9-22)25-18(21-15)19-13(3)23/h4-5,8H,6-7,9-10H2,1-3H3,(H,20,24)(H,19,21,23). The molecule has 0 bridgehead atoms. The lowest BCUT2D eigenvalue weighted by molar-refractivity contribution is -0.117. The van der Waals surface area contributed by atoms with E-state index in [1.54, 1.807) is 0 Å². The Labute approximate surface area is 151 Å². The number of hydrogen-bond acceptors (Lipinski definition) is 5. The number of anilines is 2. The highest BCUT2D eigenvalue weighted by Gasteiger charge is 2.22. The second-order valence-corrected chi connectivity index (χ2v) is 7.48. The molecule has 2 aromatic rings. The highest BCUT2D eigenvalue weighted by atomic mass is 32.1. The van der Waals surface area contributed by atoms with Crippen molar-refractivity contribution in [3.63, 3.8) is 0 Å². The Morgan fingerprint density at radius 1 is 1.28 bits per heavy atom. The van der Waals surface area contributed by atoms with E-state index in [0.717, 1.165) is 34.8 Å². The number of rotatable bonds is 4. The van der Waals surface area contributed by atoms with Gasteiger partial charge in [0.1, 0.15) is 0 Å². The van der Waals surface area contributed by atoms with Crippen LogP contribution < -0.4 is 10.6 Å². The summed E-state index contributed by atoms with van der Waals surface area (Å²) >= 11 is 1.49. The number of hydrogen-bond donors (Lipinski definition) is 2. The Hall–Kier alpha value is -2.25. The van der Waals surface area contributed by atoms with Gasteiger partial charge in [-0.2, -0.15) is 0 Å². The van der Waals surface area contributed by atoms with E-state index in [1.165, 1.54) is 23.8 Å². The summed E-state index contributed by atoms with van der Waals surface area (Å²) in [5, 5.41) is 6.36. The first-order chi connectivity index (χ1) is 11.9. The van der Waals surface area contributed by atoms with Crippen molar-refractivity contribution in [2.75, 3.05) is 23.7 Å². The zero-order chi connectivity index (χ0) is 18.0. The lowest BCUT2D eigenvalue weighted by atomic mass is 10.1. The summed E-state index contributed by atoms with van der Waals surface area (Å²) in [5.74, 6) is -0.127. The summed E-state index contributed by atoms with van der Waals surface area (Å²) in [7, 11) is 0. The van der Waals surface area contributed by atoms with Gasteiger partial charge in [0.05, 0.1) is 12.2 Å². The predicted octanol–water partition coefficient (Wildman–Crippen LogP) is 2.72. The van der Waals surface area contributed by atoms with Gasteiger partial charge < -0.3 is 10.6 Å². The average Bonchev–Trinajstić information content (AvgIpc) is 2.90. The van der Waals surface area contributed by atoms with Gasteiger partial charge in [-0.15, -0.1) is 11.3 Å². The molecule has 6 nitrogen and oxygen atoms in total. The van der Waals surface area contributed by atoms with Crippen molar-refractivity contribution >= 4 is 34.0 Å². The van der Waals surface area contributed by atoms with E-state index in [4.69, 9.17) is 0 Å². The fourth-order valence-corrected chi connectivity index (χ4v) is 4.03. The van der Waals surface area contributed by atoms with E-state index in [1.807, 2.05) is 26.0 Å². The topological polar surface area (TPSA) is 74.3 Å². The molecule has 2 heterocycles.